The standard InChI is InChI=1S/C14H20N2O3S/c1-11-6-7-14(13(9-11)5-4-8-15)20(17,18)16-10-12(2)19-3/h6-7,9,12,16H,8,10,15H2,1-3H3. The van der Waals surface area contributed by atoms with E-state index in [1.54, 1.807) is 25.1 Å². The molecule has 5 nitrogen and oxygen atoms in total. The summed E-state index contributed by atoms with van der Waals surface area (Å²) in [6, 6.07) is 5.02. The molecule has 0 saturated heterocycles. The third kappa shape index (κ3) is 4.62. The third-order valence-electron chi connectivity index (χ3n) is 2.71. The van der Waals surface area contributed by atoms with Gasteiger partial charge in [0.2, 0.25) is 10.0 Å². The Labute approximate surface area is 120 Å². The molecule has 0 aliphatic carbocycles. The fraction of sp³-hybridized carbons (Fsp3) is 0.429. The van der Waals surface area contributed by atoms with Crippen LogP contribution in [0.3, 0.4) is 0 Å². The number of methoxy groups -OCH3 is 1. The molecule has 3 N–H and O–H groups in total. The summed E-state index contributed by atoms with van der Waals surface area (Å²) >= 11 is 0. The average Bonchev–Trinajstić information content (AvgIpc) is 2.42. The molecule has 1 rings (SSSR count). The largest absolute Gasteiger partial charge is 0.380 e. The Morgan fingerprint density at radius 2 is 2.15 bits per heavy atom. The lowest BCUT2D eigenvalue weighted by atomic mass is 10.1. The molecule has 20 heavy (non-hydrogen) atoms. The van der Waals surface area contributed by atoms with Crippen molar-refractivity contribution in [3.05, 3.63) is 29.3 Å². The number of aryl methyl sites for hydroxylation is 1. The van der Waals surface area contributed by atoms with E-state index in [-0.39, 0.29) is 24.1 Å². The van der Waals surface area contributed by atoms with Gasteiger partial charge in [-0.25, -0.2) is 13.1 Å². The zero-order valence-electron chi connectivity index (χ0n) is 11.9. The third-order valence-corrected chi connectivity index (χ3v) is 4.19. The van der Waals surface area contributed by atoms with Crippen LogP contribution in [0.1, 0.15) is 18.1 Å². The molecule has 0 amide bonds. The number of nitrogens with one attached hydrogen (secondary N) is 1. The zero-order valence-corrected chi connectivity index (χ0v) is 12.8. The van der Waals surface area contributed by atoms with Crippen molar-refractivity contribution in [1.29, 1.82) is 0 Å². The van der Waals surface area contributed by atoms with Crippen LogP contribution in [0.25, 0.3) is 0 Å². The molecule has 0 saturated carbocycles. The molecule has 6 heteroatoms. The van der Waals surface area contributed by atoms with Gasteiger partial charge in [-0.15, -0.1) is 0 Å². The van der Waals surface area contributed by atoms with Crippen molar-refractivity contribution in [3.63, 3.8) is 0 Å². The molecule has 1 aromatic carbocycles. The lowest BCUT2D eigenvalue weighted by molar-refractivity contribution is 0.122. The van der Waals surface area contributed by atoms with Crippen LogP contribution in [-0.2, 0) is 14.8 Å². The molecule has 0 aromatic heterocycles. The number of hydrogen-bond donors (Lipinski definition) is 2. The maximum absolute atomic E-state index is 12.3. The van der Waals surface area contributed by atoms with Crippen LogP contribution in [-0.4, -0.2) is 34.7 Å². The lowest BCUT2D eigenvalue weighted by Crippen LogP contribution is -2.32. The summed E-state index contributed by atoms with van der Waals surface area (Å²) < 4.78 is 32.1. The van der Waals surface area contributed by atoms with Gasteiger partial charge in [-0.05, 0) is 31.5 Å². The van der Waals surface area contributed by atoms with Crippen LogP contribution in [0, 0.1) is 18.8 Å². The van der Waals surface area contributed by atoms with Crippen LogP contribution in [0.15, 0.2) is 23.1 Å². The first-order valence-electron chi connectivity index (χ1n) is 6.22. The van der Waals surface area contributed by atoms with E-state index in [1.807, 2.05) is 6.92 Å². The summed E-state index contributed by atoms with van der Waals surface area (Å²) in [7, 11) is -2.09. The fourth-order valence-electron chi connectivity index (χ4n) is 1.51. The van der Waals surface area contributed by atoms with E-state index in [0.717, 1.165) is 5.56 Å². The Morgan fingerprint density at radius 3 is 2.75 bits per heavy atom. The summed E-state index contributed by atoms with van der Waals surface area (Å²) in [4.78, 5) is 0.160. The molecule has 0 radical (unpaired) electrons. The van der Waals surface area contributed by atoms with Crippen molar-refractivity contribution in [3.8, 4) is 11.8 Å². The molecule has 0 bridgehead atoms. The average molecular weight is 296 g/mol. The van der Waals surface area contributed by atoms with Crippen molar-refractivity contribution in [2.45, 2.75) is 24.8 Å². The number of nitrogens with two attached hydrogens (primary N) is 1. The smallest absolute Gasteiger partial charge is 0.241 e. The highest BCUT2D eigenvalue weighted by molar-refractivity contribution is 7.89. The first-order chi connectivity index (χ1) is 9.40. The van der Waals surface area contributed by atoms with E-state index in [4.69, 9.17) is 10.5 Å². The second-order valence-corrected chi connectivity index (χ2v) is 6.14. The monoisotopic (exact) mass is 296 g/mol. The summed E-state index contributed by atoms with van der Waals surface area (Å²) in [6.45, 7) is 4.05. The van der Waals surface area contributed by atoms with Crippen molar-refractivity contribution < 1.29 is 13.2 Å². The summed E-state index contributed by atoms with van der Waals surface area (Å²) in [6.07, 6.45) is -0.200. The van der Waals surface area contributed by atoms with Gasteiger partial charge in [0.05, 0.1) is 17.5 Å². The molecule has 0 heterocycles. The molecular formula is C14H20N2O3S. The highest BCUT2D eigenvalue weighted by Gasteiger charge is 2.18. The van der Waals surface area contributed by atoms with Gasteiger partial charge in [-0.2, -0.15) is 0 Å². The van der Waals surface area contributed by atoms with Crippen molar-refractivity contribution >= 4 is 10.0 Å². The topological polar surface area (TPSA) is 81.4 Å². The van der Waals surface area contributed by atoms with Gasteiger partial charge in [-0.1, -0.05) is 17.9 Å². The Kier molecular flexibility index (Phi) is 6.17. The number of rotatable bonds is 5. The minimum absolute atomic E-state index is 0.160. The Bertz CT molecular complexity index is 615. The van der Waals surface area contributed by atoms with E-state index >= 15 is 0 Å². The molecule has 1 aromatic rings. The first-order valence-corrected chi connectivity index (χ1v) is 7.71. The van der Waals surface area contributed by atoms with Crippen molar-refractivity contribution in [2.75, 3.05) is 20.2 Å². The van der Waals surface area contributed by atoms with Crippen molar-refractivity contribution in [2.24, 2.45) is 5.73 Å². The number of ether oxygens (including phenoxy) is 1. The molecular weight excluding hydrogens is 276 g/mol. The predicted molar refractivity (Wildman–Crippen MR) is 78.8 cm³/mol. The minimum atomic E-state index is -3.62. The van der Waals surface area contributed by atoms with Gasteiger partial charge in [0.1, 0.15) is 0 Å². The normalized spacial score (nSPS) is 12.6. The predicted octanol–water partition coefficient (Wildman–Crippen LogP) is 0.618. The van der Waals surface area contributed by atoms with Crippen LogP contribution >= 0.6 is 0 Å². The maximum atomic E-state index is 12.3. The second kappa shape index (κ2) is 7.41. The molecule has 0 aliphatic rings. The Hall–Kier alpha value is -1.39. The van der Waals surface area contributed by atoms with Gasteiger partial charge in [0.25, 0.3) is 0 Å². The molecule has 1 unspecified atom stereocenters. The summed E-state index contributed by atoms with van der Waals surface area (Å²) in [5.74, 6) is 5.48. The van der Waals surface area contributed by atoms with Crippen molar-refractivity contribution in [1.82, 2.24) is 4.72 Å². The fourth-order valence-corrected chi connectivity index (χ4v) is 2.77. The lowest BCUT2D eigenvalue weighted by Gasteiger charge is -2.12. The molecule has 0 fully saturated rings. The number of hydrogen-bond acceptors (Lipinski definition) is 4. The van der Waals surface area contributed by atoms with Gasteiger partial charge in [0, 0.05) is 19.2 Å². The van der Waals surface area contributed by atoms with Gasteiger partial charge in [-0.3, -0.25) is 0 Å². The Balaban J connectivity index is 3.11. The van der Waals surface area contributed by atoms with Crippen LogP contribution in [0.4, 0.5) is 0 Å². The zero-order chi connectivity index (χ0) is 15.2. The SMILES string of the molecule is COC(C)CNS(=O)(=O)c1ccc(C)cc1C#CCN. The molecule has 1 atom stereocenters. The van der Waals surface area contributed by atoms with E-state index in [2.05, 4.69) is 16.6 Å². The van der Waals surface area contributed by atoms with Gasteiger partial charge in [0.15, 0.2) is 0 Å². The highest BCUT2D eigenvalue weighted by atomic mass is 32.2. The summed E-state index contributed by atoms with van der Waals surface area (Å²) in [5.41, 5.74) is 6.73. The number of benzene rings is 1. The van der Waals surface area contributed by atoms with E-state index in [1.165, 1.54) is 7.11 Å². The minimum Gasteiger partial charge on any atom is -0.380 e. The Morgan fingerprint density at radius 1 is 1.45 bits per heavy atom. The van der Waals surface area contributed by atoms with Crippen LogP contribution in [0.2, 0.25) is 0 Å². The van der Waals surface area contributed by atoms with Gasteiger partial charge >= 0.3 is 0 Å². The van der Waals surface area contributed by atoms with Gasteiger partial charge < -0.3 is 10.5 Å². The molecule has 0 aliphatic heterocycles. The van der Waals surface area contributed by atoms with E-state index in [9.17, 15) is 8.42 Å². The second-order valence-electron chi connectivity index (χ2n) is 4.40. The number of sulfonamides is 1. The quantitative estimate of drug-likeness (QED) is 0.780. The first kappa shape index (κ1) is 16.7. The highest BCUT2D eigenvalue weighted by Crippen LogP contribution is 2.16. The van der Waals surface area contributed by atoms with Crippen LogP contribution in [0.5, 0.6) is 0 Å². The van der Waals surface area contributed by atoms with E-state index < -0.39 is 10.0 Å². The molecule has 0 spiro atoms. The van der Waals surface area contributed by atoms with Crippen LogP contribution < -0.4 is 10.5 Å². The van der Waals surface area contributed by atoms with E-state index in [0.29, 0.717) is 5.56 Å². The maximum Gasteiger partial charge on any atom is 0.241 e. The molecule has 110 valence electrons. The summed E-state index contributed by atoms with van der Waals surface area (Å²) in [5, 5.41) is 0.